The molecule has 0 fully saturated rings. The molecule has 0 saturated carbocycles. The lowest BCUT2D eigenvalue weighted by molar-refractivity contribution is 0.628. The van der Waals surface area contributed by atoms with E-state index in [0.29, 0.717) is 40.4 Å². The molecule has 0 amide bonds. The Morgan fingerprint density at radius 2 is 1.97 bits per heavy atom. The minimum absolute atomic E-state index is 0.0344. The first-order valence-corrected chi connectivity index (χ1v) is 10.3. The van der Waals surface area contributed by atoms with E-state index in [1.807, 2.05) is 25.1 Å². The lowest BCUT2D eigenvalue weighted by Gasteiger charge is -2.22. The minimum Gasteiger partial charge on any atom is -0.358 e. The van der Waals surface area contributed by atoms with Crippen molar-refractivity contribution in [1.82, 2.24) is 29.5 Å². The van der Waals surface area contributed by atoms with Gasteiger partial charge in [-0.1, -0.05) is 36.7 Å². The standard InChI is InChI=1S/C22H17ClFN7O/c1-2-14(29-20-18-19(26-10-25-18)27-11-28-20)21-30-15-9-8-13(24)17(23)16(15)22(32)31(21)12-6-4-3-5-7-12/h3-11,14H,2H2,1H3,(H2,25,26,27,28,29). The molecule has 0 radical (unpaired) electrons. The van der Waals surface area contributed by atoms with E-state index >= 15 is 0 Å². The van der Waals surface area contributed by atoms with Crippen molar-refractivity contribution in [2.45, 2.75) is 19.4 Å². The third-order valence-corrected chi connectivity index (χ3v) is 5.59. The van der Waals surface area contributed by atoms with Crippen molar-refractivity contribution in [2.24, 2.45) is 0 Å². The Hall–Kier alpha value is -3.85. The van der Waals surface area contributed by atoms with Gasteiger partial charge in [-0.2, -0.15) is 0 Å². The Bertz CT molecular complexity index is 1500. The van der Waals surface area contributed by atoms with Gasteiger partial charge in [-0.05, 0) is 30.7 Å². The average molecular weight is 450 g/mol. The van der Waals surface area contributed by atoms with Crippen LogP contribution in [-0.4, -0.2) is 29.5 Å². The van der Waals surface area contributed by atoms with Crippen LogP contribution in [0.15, 0.2) is 59.9 Å². The SMILES string of the molecule is CCC(Nc1ncnc2nc[nH]c12)c1nc2ccc(F)c(Cl)c2c(=O)n1-c1ccccc1. The molecule has 10 heteroatoms. The van der Waals surface area contributed by atoms with Gasteiger partial charge in [0.25, 0.3) is 5.56 Å². The van der Waals surface area contributed by atoms with E-state index in [-0.39, 0.29) is 10.4 Å². The van der Waals surface area contributed by atoms with Crippen molar-refractivity contribution in [3.05, 3.63) is 82.1 Å². The number of imidazole rings is 1. The number of H-pyrrole nitrogens is 1. The number of halogens is 2. The zero-order chi connectivity index (χ0) is 22.2. The largest absolute Gasteiger partial charge is 0.358 e. The number of hydrogen-bond donors (Lipinski definition) is 2. The van der Waals surface area contributed by atoms with Gasteiger partial charge in [-0.25, -0.2) is 24.3 Å². The third-order valence-electron chi connectivity index (χ3n) is 5.22. The molecule has 0 spiro atoms. The molecule has 2 N–H and O–H groups in total. The molecule has 8 nitrogen and oxygen atoms in total. The summed E-state index contributed by atoms with van der Waals surface area (Å²) >= 11 is 6.17. The van der Waals surface area contributed by atoms with Gasteiger partial charge in [-0.15, -0.1) is 0 Å². The van der Waals surface area contributed by atoms with Crippen LogP contribution in [0.1, 0.15) is 25.2 Å². The van der Waals surface area contributed by atoms with Gasteiger partial charge >= 0.3 is 0 Å². The first-order valence-electron chi connectivity index (χ1n) is 9.95. The number of rotatable bonds is 5. The number of fused-ring (bicyclic) bond motifs is 2. The normalized spacial score (nSPS) is 12.3. The highest BCUT2D eigenvalue weighted by Gasteiger charge is 2.23. The second-order valence-corrected chi connectivity index (χ2v) is 7.51. The fraction of sp³-hybridized carbons (Fsp3) is 0.136. The van der Waals surface area contributed by atoms with E-state index in [4.69, 9.17) is 16.6 Å². The summed E-state index contributed by atoms with van der Waals surface area (Å²) in [6.45, 7) is 1.96. The first-order chi connectivity index (χ1) is 15.6. The molecule has 160 valence electrons. The number of benzene rings is 2. The van der Waals surface area contributed by atoms with Crippen LogP contribution in [0.3, 0.4) is 0 Å². The predicted molar refractivity (Wildman–Crippen MR) is 121 cm³/mol. The number of nitrogens with zero attached hydrogens (tertiary/aromatic N) is 5. The molecule has 2 aromatic carbocycles. The second kappa shape index (κ2) is 8.01. The smallest absolute Gasteiger partial charge is 0.267 e. The highest BCUT2D eigenvalue weighted by molar-refractivity contribution is 6.35. The van der Waals surface area contributed by atoms with Gasteiger partial charge in [0.05, 0.1) is 34.0 Å². The predicted octanol–water partition coefficient (Wildman–Crippen LogP) is 4.41. The number of hydrogen-bond acceptors (Lipinski definition) is 6. The van der Waals surface area contributed by atoms with Crippen LogP contribution in [0, 0.1) is 5.82 Å². The van der Waals surface area contributed by atoms with Crippen molar-refractivity contribution in [3.8, 4) is 5.69 Å². The summed E-state index contributed by atoms with van der Waals surface area (Å²) < 4.78 is 15.6. The monoisotopic (exact) mass is 449 g/mol. The fourth-order valence-electron chi connectivity index (χ4n) is 3.68. The maximum absolute atomic E-state index is 14.1. The molecule has 3 aromatic heterocycles. The quantitative estimate of drug-likeness (QED) is 0.412. The summed E-state index contributed by atoms with van der Waals surface area (Å²) in [5, 5.41) is 3.14. The molecule has 3 heterocycles. The number of anilines is 1. The molecule has 0 bridgehead atoms. The van der Waals surface area contributed by atoms with E-state index in [0.717, 1.165) is 0 Å². The Balaban J connectivity index is 1.75. The molecule has 0 saturated heterocycles. The Labute approximate surface area is 186 Å². The average Bonchev–Trinajstić information content (AvgIpc) is 3.30. The van der Waals surface area contributed by atoms with Gasteiger partial charge < -0.3 is 10.3 Å². The van der Waals surface area contributed by atoms with Crippen molar-refractivity contribution < 1.29 is 4.39 Å². The van der Waals surface area contributed by atoms with Crippen molar-refractivity contribution in [2.75, 3.05) is 5.32 Å². The van der Waals surface area contributed by atoms with Gasteiger partial charge in [0.2, 0.25) is 0 Å². The number of aromatic nitrogens is 6. The molecular weight excluding hydrogens is 433 g/mol. The number of para-hydroxylation sites is 1. The van der Waals surface area contributed by atoms with Crippen molar-refractivity contribution in [1.29, 1.82) is 0 Å². The van der Waals surface area contributed by atoms with Crippen molar-refractivity contribution in [3.63, 3.8) is 0 Å². The topological polar surface area (TPSA) is 101 Å². The maximum Gasteiger partial charge on any atom is 0.267 e. The Morgan fingerprint density at radius 1 is 1.16 bits per heavy atom. The third kappa shape index (κ3) is 3.27. The lowest BCUT2D eigenvalue weighted by atomic mass is 10.1. The number of aromatic amines is 1. The molecule has 0 aliphatic rings. The van der Waals surface area contributed by atoms with Crippen LogP contribution in [0.2, 0.25) is 5.02 Å². The highest BCUT2D eigenvalue weighted by atomic mass is 35.5. The zero-order valence-electron chi connectivity index (χ0n) is 16.9. The van der Waals surface area contributed by atoms with Gasteiger partial charge in [0, 0.05) is 0 Å². The van der Waals surface area contributed by atoms with E-state index in [1.54, 1.807) is 12.1 Å². The van der Waals surface area contributed by atoms with E-state index in [2.05, 4.69) is 25.3 Å². The molecule has 5 rings (SSSR count). The van der Waals surface area contributed by atoms with Crippen LogP contribution >= 0.6 is 11.6 Å². The molecule has 1 unspecified atom stereocenters. The van der Waals surface area contributed by atoms with Crippen LogP contribution in [0.5, 0.6) is 0 Å². The molecule has 1 atom stereocenters. The molecule has 0 aliphatic heterocycles. The van der Waals surface area contributed by atoms with Crippen molar-refractivity contribution >= 4 is 39.5 Å². The van der Waals surface area contributed by atoms with Crippen LogP contribution in [0.4, 0.5) is 10.2 Å². The number of nitrogens with one attached hydrogen (secondary N) is 2. The zero-order valence-corrected chi connectivity index (χ0v) is 17.6. The molecule has 32 heavy (non-hydrogen) atoms. The van der Waals surface area contributed by atoms with E-state index in [1.165, 1.54) is 29.4 Å². The summed E-state index contributed by atoms with van der Waals surface area (Å²) in [7, 11) is 0. The summed E-state index contributed by atoms with van der Waals surface area (Å²) in [6, 6.07) is 11.3. The summed E-state index contributed by atoms with van der Waals surface area (Å²) in [6.07, 6.45) is 3.54. The minimum atomic E-state index is -0.668. The van der Waals surface area contributed by atoms with Gasteiger partial charge in [-0.3, -0.25) is 9.36 Å². The summed E-state index contributed by atoms with van der Waals surface area (Å²) in [5.41, 5.74) is 1.63. The Morgan fingerprint density at radius 3 is 2.75 bits per heavy atom. The molecule has 0 aliphatic carbocycles. The van der Waals surface area contributed by atoms with E-state index in [9.17, 15) is 9.18 Å². The van der Waals surface area contributed by atoms with Gasteiger partial charge in [0.15, 0.2) is 11.5 Å². The van der Waals surface area contributed by atoms with E-state index < -0.39 is 17.4 Å². The van der Waals surface area contributed by atoms with Crippen LogP contribution in [-0.2, 0) is 0 Å². The van der Waals surface area contributed by atoms with Crippen LogP contribution < -0.4 is 10.9 Å². The molecule has 5 aromatic rings. The summed E-state index contributed by atoms with van der Waals surface area (Å²) in [5.74, 6) is 0.314. The first kappa shape index (κ1) is 20.1. The fourth-order valence-corrected chi connectivity index (χ4v) is 3.92. The van der Waals surface area contributed by atoms with Gasteiger partial charge in [0.1, 0.15) is 23.5 Å². The lowest BCUT2D eigenvalue weighted by Crippen LogP contribution is -2.28. The summed E-state index contributed by atoms with van der Waals surface area (Å²) in [4.78, 5) is 33.9. The van der Waals surface area contributed by atoms with Crippen LogP contribution in [0.25, 0.3) is 27.8 Å². The highest BCUT2D eigenvalue weighted by Crippen LogP contribution is 2.28. The molecular formula is C22H17ClFN7O. The second-order valence-electron chi connectivity index (χ2n) is 7.13. The maximum atomic E-state index is 14.1. The Kier molecular flexibility index (Phi) is 5.02.